The number of nitrogens with zero attached hydrogens (tertiary/aromatic N) is 3. The van der Waals surface area contributed by atoms with Crippen LogP contribution in [0.25, 0.3) is 0 Å². The smallest absolute Gasteiger partial charge is 0.243 e. The average Bonchev–Trinajstić information content (AvgIpc) is 2.98. The van der Waals surface area contributed by atoms with Gasteiger partial charge < -0.3 is 14.7 Å². The Balaban J connectivity index is 1.59. The molecule has 1 aromatic rings. The molecule has 5 nitrogen and oxygen atoms in total. The van der Waals surface area contributed by atoms with E-state index in [2.05, 4.69) is 27.4 Å². The lowest BCUT2D eigenvalue weighted by atomic mass is 9.95. The van der Waals surface area contributed by atoms with Crippen LogP contribution in [-0.2, 0) is 6.42 Å². The van der Waals surface area contributed by atoms with Crippen molar-refractivity contribution >= 4 is 0 Å². The van der Waals surface area contributed by atoms with Crippen molar-refractivity contribution < 1.29 is 4.52 Å². The summed E-state index contributed by atoms with van der Waals surface area (Å²) in [5.74, 6) is 2.36. The number of nitrogens with one attached hydrogen (secondary N) is 1. The van der Waals surface area contributed by atoms with Crippen molar-refractivity contribution in [2.75, 3.05) is 26.7 Å². The van der Waals surface area contributed by atoms with Gasteiger partial charge in [-0.2, -0.15) is 4.98 Å². The summed E-state index contributed by atoms with van der Waals surface area (Å²) in [5, 5.41) is 7.53. The zero-order chi connectivity index (χ0) is 12.4. The molecular weight excluding hydrogens is 228 g/mol. The minimum absolute atomic E-state index is 0.292. The standard InChI is InChI=1S/C13H22N4O/c1-17-7-3-4-10(9-17)8-12-15-13(18-16-12)11-5-2-6-14-11/h10-11,14H,2-9H2,1H3. The highest BCUT2D eigenvalue weighted by molar-refractivity contribution is 4.96. The molecule has 1 aromatic heterocycles. The first-order valence-corrected chi connectivity index (χ1v) is 7.05. The van der Waals surface area contributed by atoms with Gasteiger partial charge in [-0.25, -0.2) is 0 Å². The molecule has 5 heteroatoms. The lowest BCUT2D eigenvalue weighted by Gasteiger charge is -2.28. The van der Waals surface area contributed by atoms with Crippen LogP contribution in [0, 0.1) is 5.92 Å². The van der Waals surface area contributed by atoms with Crippen molar-refractivity contribution in [1.82, 2.24) is 20.4 Å². The van der Waals surface area contributed by atoms with Gasteiger partial charge in [0.05, 0.1) is 6.04 Å². The van der Waals surface area contributed by atoms with Crippen molar-refractivity contribution in [2.24, 2.45) is 5.92 Å². The van der Waals surface area contributed by atoms with Crippen LogP contribution in [-0.4, -0.2) is 41.7 Å². The van der Waals surface area contributed by atoms with Crippen molar-refractivity contribution in [3.63, 3.8) is 0 Å². The molecule has 0 bridgehead atoms. The lowest BCUT2D eigenvalue weighted by Crippen LogP contribution is -2.33. The van der Waals surface area contributed by atoms with E-state index >= 15 is 0 Å². The molecule has 2 atom stereocenters. The predicted octanol–water partition coefficient (Wildman–Crippen LogP) is 1.38. The first-order chi connectivity index (χ1) is 8.81. The quantitative estimate of drug-likeness (QED) is 0.878. The summed E-state index contributed by atoms with van der Waals surface area (Å²) in [6.45, 7) is 3.45. The first kappa shape index (κ1) is 12.1. The summed E-state index contributed by atoms with van der Waals surface area (Å²) in [6.07, 6.45) is 5.86. The van der Waals surface area contributed by atoms with Gasteiger partial charge in [0.1, 0.15) is 0 Å². The molecule has 2 aliphatic heterocycles. The number of hydrogen-bond acceptors (Lipinski definition) is 5. The Morgan fingerprint density at radius 3 is 3.11 bits per heavy atom. The van der Waals surface area contributed by atoms with Gasteiger partial charge in [0.2, 0.25) is 5.89 Å². The Morgan fingerprint density at radius 1 is 1.39 bits per heavy atom. The molecule has 2 unspecified atom stereocenters. The molecule has 18 heavy (non-hydrogen) atoms. The van der Waals surface area contributed by atoms with Gasteiger partial charge in [0, 0.05) is 13.0 Å². The van der Waals surface area contributed by atoms with Gasteiger partial charge in [-0.05, 0) is 51.7 Å². The molecule has 2 fully saturated rings. The van der Waals surface area contributed by atoms with Gasteiger partial charge in [0.25, 0.3) is 0 Å². The Kier molecular flexibility index (Phi) is 3.61. The number of aromatic nitrogens is 2. The maximum absolute atomic E-state index is 5.38. The third-order valence-corrected chi connectivity index (χ3v) is 4.04. The zero-order valence-electron chi connectivity index (χ0n) is 11.1. The third kappa shape index (κ3) is 2.72. The minimum Gasteiger partial charge on any atom is -0.338 e. The minimum atomic E-state index is 0.292. The largest absolute Gasteiger partial charge is 0.338 e. The van der Waals surface area contributed by atoms with E-state index in [1.165, 1.54) is 25.8 Å². The van der Waals surface area contributed by atoms with E-state index in [9.17, 15) is 0 Å². The number of rotatable bonds is 3. The number of hydrogen-bond donors (Lipinski definition) is 1. The number of likely N-dealkylation sites (tertiary alicyclic amines) is 1. The van der Waals surface area contributed by atoms with Crippen LogP contribution < -0.4 is 5.32 Å². The Bertz CT molecular complexity index is 386. The van der Waals surface area contributed by atoms with Crippen LogP contribution in [0.5, 0.6) is 0 Å². The van der Waals surface area contributed by atoms with Crippen LogP contribution in [0.2, 0.25) is 0 Å². The van der Waals surface area contributed by atoms with Crippen LogP contribution in [0.1, 0.15) is 43.4 Å². The molecule has 3 rings (SSSR count). The molecule has 0 spiro atoms. The highest BCUT2D eigenvalue weighted by Crippen LogP contribution is 2.23. The van der Waals surface area contributed by atoms with E-state index in [1.54, 1.807) is 0 Å². The summed E-state index contributed by atoms with van der Waals surface area (Å²) in [4.78, 5) is 6.95. The van der Waals surface area contributed by atoms with E-state index in [0.717, 1.165) is 37.6 Å². The summed E-state index contributed by atoms with van der Waals surface area (Å²) >= 11 is 0. The summed E-state index contributed by atoms with van der Waals surface area (Å²) in [7, 11) is 2.19. The molecular formula is C13H22N4O. The van der Waals surface area contributed by atoms with E-state index in [0.29, 0.717) is 12.0 Å². The second-order valence-electron chi connectivity index (χ2n) is 5.67. The Morgan fingerprint density at radius 2 is 2.33 bits per heavy atom. The summed E-state index contributed by atoms with van der Waals surface area (Å²) < 4.78 is 5.38. The maximum atomic E-state index is 5.38. The van der Waals surface area contributed by atoms with Crippen LogP contribution in [0.15, 0.2) is 4.52 Å². The van der Waals surface area contributed by atoms with Crippen LogP contribution in [0.4, 0.5) is 0 Å². The molecule has 1 N–H and O–H groups in total. The van der Waals surface area contributed by atoms with Gasteiger partial charge in [-0.3, -0.25) is 0 Å². The van der Waals surface area contributed by atoms with Gasteiger partial charge in [0.15, 0.2) is 5.82 Å². The molecule has 100 valence electrons. The van der Waals surface area contributed by atoms with Gasteiger partial charge in [-0.1, -0.05) is 5.16 Å². The van der Waals surface area contributed by atoms with Crippen molar-refractivity contribution in [3.8, 4) is 0 Å². The van der Waals surface area contributed by atoms with Gasteiger partial charge in [-0.15, -0.1) is 0 Å². The normalized spacial score (nSPS) is 29.8. The summed E-state index contributed by atoms with van der Waals surface area (Å²) in [6, 6.07) is 0.292. The monoisotopic (exact) mass is 250 g/mol. The van der Waals surface area contributed by atoms with Crippen molar-refractivity contribution in [3.05, 3.63) is 11.7 Å². The van der Waals surface area contributed by atoms with E-state index in [4.69, 9.17) is 4.52 Å². The van der Waals surface area contributed by atoms with Crippen molar-refractivity contribution in [1.29, 1.82) is 0 Å². The SMILES string of the molecule is CN1CCCC(Cc2noc(C3CCCN3)n2)C1. The molecule has 2 aliphatic rings. The van der Waals surface area contributed by atoms with Crippen molar-refractivity contribution in [2.45, 2.75) is 38.1 Å². The molecule has 3 heterocycles. The second kappa shape index (κ2) is 5.36. The van der Waals surface area contributed by atoms with Gasteiger partial charge >= 0.3 is 0 Å². The second-order valence-corrected chi connectivity index (χ2v) is 5.67. The van der Waals surface area contributed by atoms with E-state index in [-0.39, 0.29) is 0 Å². The fourth-order valence-electron chi connectivity index (χ4n) is 3.09. The Hall–Kier alpha value is -0.940. The number of piperidine rings is 1. The topological polar surface area (TPSA) is 54.2 Å². The molecule has 0 radical (unpaired) electrons. The summed E-state index contributed by atoms with van der Waals surface area (Å²) in [5.41, 5.74) is 0. The maximum Gasteiger partial charge on any atom is 0.243 e. The Labute approximate surface area is 108 Å². The average molecular weight is 250 g/mol. The molecule has 0 aromatic carbocycles. The molecule has 0 amide bonds. The van der Waals surface area contributed by atoms with E-state index < -0.39 is 0 Å². The fraction of sp³-hybridized carbons (Fsp3) is 0.846. The zero-order valence-corrected chi connectivity index (χ0v) is 11.1. The highest BCUT2D eigenvalue weighted by Gasteiger charge is 2.24. The fourth-order valence-corrected chi connectivity index (χ4v) is 3.09. The van der Waals surface area contributed by atoms with Crippen LogP contribution >= 0.6 is 0 Å². The molecule has 2 saturated heterocycles. The van der Waals surface area contributed by atoms with E-state index in [1.807, 2.05) is 0 Å². The third-order valence-electron chi connectivity index (χ3n) is 4.04. The molecule has 0 aliphatic carbocycles. The lowest BCUT2D eigenvalue weighted by molar-refractivity contribution is 0.206. The molecule has 0 saturated carbocycles. The first-order valence-electron chi connectivity index (χ1n) is 7.05. The van der Waals surface area contributed by atoms with Crippen LogP contribution in [0.3, 0.4) is 0 Å². The predicted molar refractivity (Wildman–Crippen MR) is 68.2 cm³/mol. The highest BCUT2D eigenvalue weighted by atomic mass is 16.5.